The molecule has 0 heterocycles. The van der Waals surface area contributed by atoms with Gasteiger partial charge in [0.15, 0.2) is 0 Å². The topological polar surface area (TPSA) is 29.5 Å². The summed E-state index contributed by atoms with van der Waals surface area (Å²) in [5.41, 5.74) is 1.87. The van der Waals surface area contributed by atoms with E-state index in [4.69, 9.17) is 16.3 Å². The molecular formula is C19H20ClNO2. The molecular weight excluding hydrogens is 310 g/mol. The van der Waals surface area contributed by atoms with Gasteiger partial charge in [-0.25, -0.2) is 0 Å². The second-order valence-electron chi connectivity index (χ2n) is 5.26. The third-order valence-electron chi connectivity index (χ3n) is 3.81. The van der Waals surface area contributed by atoms with Crippen LogP contribution >= 0.6 is 11.6 Å². The standard InChI is InChI=1S/C19H20ClNO2/c1-14(15-7-5-4-6-8-15)21(2)19(22)12-9-16-13-17(20)10-11-18(16)23-3/h4-14H,1-3H3. The second-order valence-corrected chi connectivity index (χ2v) is 5.69. The third-order valence-corrected chi connectivity index (χ3v) is 4.04. The maximum Gasteiger partial charge on any atom is 0.246 e. The van der Waals surface area contributed by atoms with Crippen molar-refractivity contribution in [1.82, 2.24) is 4.90 Å². The summed E-state index contributed by atoms with van der Waals surface area (Å²) in [5.74, 6) is 0.598. The molecule has 0 aliphatic heterocycles. The van der Waals surface area contributed by atoms with E-state index < -0.39 is 0 Å². The first kappa shape index (κ1) is 17.1. The van der Waals surface area contributed by atoms with Crippen molar-refractivity contribution >= 4 is 23.6 Å². The zero-order valence-corrected chi connectivity index (χ0v) is 14.2. The van der Waals surface area contributed by atoms with Crippen LogP contribution in [0.1, 0.15) is 24.1 Å². The van der Waals surface area contributed by atoms with Gasteiger partial charge in [0, 0.05) is 23.7 Å². The molecule has 0 radical (unpaired) electrons. The molecule has 23 heavy (non-hydrogen) atoms. The molecule has 0 fully saturated rings. The van der Waals surface area contributed by atoms with Crippen LogP contribution < -0.4 is 4.74 Å². The minimum Gasteiger partial charge on any atom is -0.496 e. The molecule has 0 aliphatic rings. The van der Waals surface area contributed by atoms with Gasteiger partial charge in [0.1, 0.15) is 5.75 Å². The molecule has 2 aromatic rings. The molecule has 0 N–H and O–H groups in total. The Hall–Kier alpha value is -2.26. The Morgan fingerprint density at radius 2 is 1.91 bits per heavy atom. The average Bonchev–Trinajstić information content (AvgIpc) is 2.59. The number of amides is 1. The average molecular weight is 330 g/mol. The zero-order chi connectivity index (χ0) is 16.8. The first-order valence-corrected chi connectivity index (χ1v) is 7.74. The number of ether oxygens (including phenoxy) is 1. The quantitative estimate of drug-likeness (QED) is 0.751. The summed E-state index contributed by atoms with van der Waals surface area (Å²) in [4.78, 5) is 14.1. The highest BCUT2D eigenvalue weighted by atomic mass is 35.5. The van der Waals surface area contributed by atoms with Gasteiger partial charge in [-0.2, -0.15) is 0 Å². The maximum atomic E-state index is 12.4. The van der Waals surface area contributed by atoms with Crippen LogP contribution in [0.4, 0.5) is 0 Å². The summed E-state index contributed by atoms with van der Waals surface area (Å²) < 4.78 is 5.28. The van der Waals surface area contributed by atoms with Crippen molar-refractivity contribution in [3.8, 4) is 5.75 Å². The lowest BCUT2D eigenvalue weighted by molar-refractivity contribution is -0.126. The fraction of sp³-hybridized carbons (Fsp3) is 0.211. The van der Waals surface area contributed by atoms with E-state index in [2.05, 4.69) is 0 Å². The van der Waals surface area contributed by atoms with Crippen LogP contribution in [0, 0.1) is 0 Å². The molecule has 1 unspecified atom stereocenters. The minimum atomic E-state index is -0.0802. The number of hydrogen-bond acceptors (Lipinski definition) is 2. The monoisotopic (exact) mass is 329 g/mol. The zero-order valence-electron chi connectivity index (χ0n) is 13.5. The highest BCUT2D eigenvalue weighted by molar-refractivity contribution is 6.30. The number of halogens is 1. The molecule has 0 spiro atoms. The highest BCUT2D eigenvalue weighted by Gasteiger charge is 2.15. The van der Waals surface area contributed by atoms with Gasteiger partial charge in [0.25, 0.3) is 0 Å². The molecule has 3 nitrogen and oxygen atoms in total. The van der Waals surface area contributed by atoms with Gasteiger partial charge in [0.05, 0.1) is 13.2 Å². The molecule has 2 aromatic carbocycles. The van der Waals surface area contributed by atoms with E-state index in [9.17, 15) is 4.79 Å². The molecule has 4 heteroatoms. The molecule has 0 aromatic heterocycles. The van der Waals surface area contributed by atoms with Crippen LogP contribution in [0.25, 0.3) is 6.08 Å². The van der Waals surface area contributed by atoms with E-state index in [1.165, 1.54) is 6.08 Å². The fourth-order valence-electron chi connectivity index (χ4n) is 2.26. The van der Waals surface area contributed by atoms with E-state index in [0.717, 1.165) is 11.1 Å². The number of rotatable bonds is 5. The Labute approximate surface area is 142 Å². The molecule has 0 aliphatic carbocycles. The minimum absolute atomic E-state index is 0.00499. The predicted octanol–water partition coefficient (Wildman–Crippen LogP) is 4.58. The normalized spacial score (nSPS) is 12.2. The Kier molecular flexibility index (Phi) is 5.83. The second kappa shape index (κ2) is 7.84. The van der Waals surface area contributed by atoms with E-state index in [1.807, 2.05) is 37.3 Å². The smallest absolute Gasteiger partial charge is 0.246 e. The number of likely N-dealkylation sites (N-methyl/N-ethyl adjacent to an activating group) is 1. The van der Waals surface area contributed by atoms with Crippen LogP contribution in [-0.4, -0.2) is 25.0 Å². The van der Waals surface area contributed by atoms with Crippen molar-refractivity contribution in [3.05, 3.63) is 70.8 Å². The third kappa shape index (κ3) is 4.36. The van der Waals surface area contributed by atoms with E-state index in [0.29, 0.717) is 10.8 Å². The van der Waals surface area contributed by atoms with Gasteiger partial charge in [-0.1, -0.05) is 41.9 Å². The number of carbonyl (C=O) groups is 1. The molecule has 120 valence electrons. The van der Waals surface area contributed by atoms with Crippen molar-refractivity contribution in [2.24, 2.45) is 0 Å². The Morgan fingerprint density at radius 3 is 2.57 bits per heavy atom. The van der Waals surface area contributed by atoms with Gasteiger partial charge >= 0.3 is 0 Å². The molecule has 1 atom stereocenters. The maximum absolute atomic E-state index is 12.4. The van der Waals surface area contributed by atoms with Crippen molar-refractivity contribution in [1.29, 1.82) is 0 Å². The van der Waals surface area contributed by atoms with Crippen LogP contribution in [0.3, 0.4) is 0 Å². The van der Waals surface area contributed by atoms with Crippen LogP contribution in [0.5, 0.6) is 5.75 Å². The lowest BCUT2D eigenvalue weighted by atomic mass is 10.1. The summed E-state index contributed by atoms with van der Waals surface area (Å²) in [6.07, 6.45) is 3.26. The van der Waals surface area contributed by atoms with Gasteiger partial charge in [-0.3, -0.25) is 4.79 Å². The summed E-state index contributed by atoms with van der Waals surface area (Å²) in [6.45, 7) is 2.00. The number of carbonyl (C=O) groups excluding carboxylic acids is 1. The van der Waals surface area contributed by atoms with Gasteiger partial charge in [-0.05, 0) is 36.8 Å². The number of benzene rings is 2. The summed E-state index contributed by atoms with van der Waals surface area (Å²) >= 11 is 6.00. The first-order valence-electron chi connectivity index (χ1n) is 7.36. The van der Waals surface area contributed by atoms with E-state index >= 15 is 0 Å². The fourth-order valence-corrected chi connectivity index (χ4v) is 2.44. The summed E-state index contributed by atoms with van der Waals surface area (Å²) in [5, 5.41) is 0.601. The van der Waals surface area contributed by atoms with Gasteiger partial charge < -0.3 is 9.64 Å². The SMILES string of the molecule is COc1ccc(Cl)cc1C=CC(=O)N(C)C(C)c1ccccc1. The number of nitrogens with zero attached hydrogens (tertiary/aromatic N) is 1. The number of methoxy groups -OCH3 is 1. The van der Waals surface area contributed by atoms with E-state index in [1.54, 1.807) is 43.3 Å². The summed E-state index contributed by atoms with van der Waals surface area (Å²) in [6, 6.07) is 15.2. The lowest BCUT2D eigenvalue weighted by Crippen LogP contribution is -2.27. The molecule has 0 bridgehead atoms. The van der Waals surface area contributed by atoms with Crippen molar-refractivity contribution in [2.45, 2.75) is 13.0 Å². The molecule has 0 saturated heterocycles. The Balaban J connectivity index is 2.13. The van der Waals surface area contributed by atoms with Crippen LogP contribution in [0.2, 0.25) is 5.02 Å². The van der Waals surface area contributed by atoms with Gasteiger partial charge in [0.2, 0.25) is 5.91 Å². The van der Waals surface area contributed by atoms with Gasteiger partial charge in [-0.15, -0.1) is 0 Å². The molecule has 2 rings (SSSR count). The predicted molar refractivity (Wildman–Crippen MR) is 94.7 cm³/mol. The van der Waals surface area contributed by atoms with Crippen molar-refractivity contribution < 1.29 is 9.53 Å². The largest absolute Gasteiger partial charge is 0.496 e. The van der Waals surface area contributed by atoms with Crippen molar-refractivity contribution in [2.75, 3.05) is 14.2 Å². The number of hydrogen-bond donors (Lipinski definition) is 0. The van der Waals surface area contributed by atoms with Crippen LogP contribution in [0.15, 0.2) is 54.6 Å². The van der Waals surface area contributed by atoms with E-state index in [-0.39, 0.29) is 11.9 Å². The first-order chi connectivity index (χ1) is 11.0. The summed E-state index contributed by atoms with van der Waals surface area (Å²) in [7, 11) is 3.38. The molecule has 1 amide bonds. The lowest BCUT2D eigenvalue weighted by Gasteiger charge is -2.24. The van der Waals surface area contributed by atoms with Crippen LogP contribution in [-0.2, 0) is 4.79 Å². The Morgan fingerprint density at radius 1 is 1.22 bits per heavy atom. The Bertz CT molecular complexity index is 698. The highest BCUT2D eigenvalue weighted by Crippen LogP contribution is 2.24. The molecule has 0 saturated carbocycles. The van der Waals surface area contributed by atoms with Crippen molar-refractivity contribution in [3.63, 3.8) is 0 Å².